The lowest BCUT2D eigenvalue weighted by Crippen LogP contribution is -2.24. The van der Waals surface area contributed by atoms with Gasteiger partial charge in [0.15, 0.2) is 0 Å². The van der Waals surface area contributed by atoms with Gasteiger partial charge in [0.1, 0.15) is 11.4 Å². The molecule has 6 heteroatoms. The van der Waals surface area contributed by atoms with Crippen LogP contribution in [0.15, 0.2) is 54.6 Å². The van der Waals surface area contributed by atoms with Crippen molar-refractivity contribution in [3.05, 3.63) is 82.7 Å². The highest BCUT2D eigenvalue weighted by Gasteiger charge is 2.10. The first-order chi connectivity index (χ1) is 13.5. The van der Waals surface area contributed by atoms with E-state index in [1.54, 1.807) is 13.2 Å². The van der Waals surface area contributed by atoms with Gasteiger partial charge in [-0.2, -0.15) is 0 Å². The monoisotopic (exact) mass is 376 g/mol. The summed E-state index contributed by atoms with van der Waals surface area (Å²) in [7, 11) is 1.64. The van der Waals surface area contributed by atoms with Crippen molar-refractivity contribution in [3.63, 3.8) is 0 Å². The van der Waals surface area contributed by atoms with E-state index in [2.05, 4.69) is 20.6 Å². The lowest BCUT2D eigenvalue weighted by molar-refractivity contribution is 0.0945. The van der Waals surface area contributed by atoms with Gasteiger partial charge in [0.25, 0.3) is 5.91 Å². The van der Waals surface area contributed by atoms with E-state index in [1.165, 1.54) is 0 Å². The van der Waals surface area contributed by atoms with E-state index in [9.17, 15) is 4.79 Å². The molecule has 0 saturated heterocycles. The number of carbonyl (C=O) groups is 1. The van der Waals surface area contributed by atoms with Crippen LogP contribution >= 0.6 is 0 Å². The van der Waals surface area contributed by atoms with Crippen molar-refractivity contribution in [3.8, 4) is 5.75 Å². The maximum absolute atomic E-state index is 12.5. The van der Waals surface area contributed by atoms with Gasteiger partial charge >= 0.3 is 0 Å². The van der Waals surface area contributed by atoms with Crippen LogP contribution in [0.2, 0.25) is 0 Å². The van der Waals surface area contributed by atoms with Crippen LogP contribution in [-0.4, -0.2) is 23.0 Å². The van der Waals surface area contributed by atoms with Gasteiger partial charge in [-0.15, -0.1) is 0 Å². The molecule has 28 heavy (non-hydrogen) atoms. The Bertz CT molecular complexity index is 955. The SMILES string of the molecule is COc1ccc(CNc2nc(C)cc(C(=O)NCc3cccc(C)c3)n2)cc1. The number of methoxy groups -OCH3 is 1. The van der Waals surface area contributed by atoms with Crippen LogP contribution in [0.25, 0.3) is 0 Å². The van der Waals surface area contributed by atoms with E-state index in [0.29, 0.717) is 24.7 Å². The van der Waals surface area contributed by atoms with E-state index in [-0.39, 0.29) is 5.91 Å². The van der Waals surface area contributed by atoms with Gasteiger partial charge in [0, 0.05) is 18.8 Å². The van der Waals surface area contributed by atoms with Crippen molar-refractivity contribution in [1.82, 2.24) is 15.3 Å². The number of nitrogens with zero attached hydrogens (tertiary/aromatic N) is 2. The predicted molar refractivity (Wildman–Crippen MR) is 109 cm³/mol. The van der Waals surface area contributed by atoms with Crippen molar-refractivity contribution in [2.45, 2.75) is 26.9 Å². The Hall–Kier alpha value is -3.41. The third kappa shape index (κ3) is 5.30. The maximum atomic E-state index is 12.5. The quantitative estimate of drug-likeness (QED) is 0.658. The minimum atomic E-state index is -0.223. The number of carbonyl (C=O) groups excluding carboxylic acids is 1. The highest BCUT2D eigenvalue weighted by Crippen LogP contribution is 2.13. The summed E-state index contributed by atoms with van der Waals surface area (Å²) >= 11 is 0. The summed E-state index contributed by atoms with van der Waals surface area (Å²) in [4.78, 5) is 21.2. The van der Waals surface area contributed by atoms with Crippen LogP contribution in [0.3, 0.4) is 0 Å². The number of anilines is 1. The Kier molecular flexibility index (Phi) is 6.22. The predicted octanol–water partition coefficient (Wildman–Crippen LogP) is 3.64. The Labute approximate surface area is 165 Å². The third-order valence-corrected chi connectivity index (χ3v) is 4.23. The molecule has 1 amide bonds. The summed E-state index contributed by atoms with van der Waals surface area (Å²) in [5.74, 6) is 1.01. The first-order valence-corrected chi connectivity index (χ1v) is 9.10. The molecule has 3 aromatic rings. The third-order valence-electron chi connectivity index (χ3n) is 4.23. The van der Waals surface area contributed by atoms with Crippen LogP contribution in [0.4, 0.5) is 5.95 Å². The highest BCUT2D eigenvalue weighted by molar-refractivity contribution is 5.92. The summed E-state index contributed by atoms with van der Waals surface area (Å²) in [6.07, 6.45) is 0. The number of benzene rings is 2. The first kappa shape index (κ1) is 19.4. The van der Waals surface area contributed by atoms with Gasteiger partial charge < -0.3 is 15.4 Å². The molecule has 0 radical (unpaired) electrons. The zero-order chi connectivity index (χ0) is 19.9. The Morgan fingerprint density at radius 3 is 2.46 bits per heavy atom. The molecule has 0 bridgehead atoms. The Balaban J connectivity index is 1.63. The Morgan fingerprint density at radius 2 is 1.75 bits per heavy atom. The first-order valence-electron chi connectivity index (χ1n) is 9.10. The van der Waals surface area contributed by atoms with Crippen LogP contribution in [0.1, 0.15) is 32.9 Å². The molecule has 0 saturated carbocycles. The molecule has 6 nitrogen and oxygen atoms in total. The molecule has 0 aliphatic heterocycles. The number of aryl methyl sites for hydroxylation is 2. The summed E-state index contributed by atoms with van der Waals surface area (Å²) in [6, 6.07) is 17.5. The Morgan fingerprint density at radius 1 is 0.964 bits per heavy atom. The molecule has 1 heterocycles. The van der Waals surface area contributed by atoms with Crippen molar-refractivity contribution in [2.24, 2.45) is 0 Å². The molecular formula is C22H24N4O2. The van der Waals surface area contributed by atoms with E-state index < -0.39 is 0 Å². The fourth-order valence-corrected chi connectivity index (χ4v) is 2.78. The van der Waals surface area contributed by atoms with E-state index in [0.717, 1.165) is 28.1 Å². The van der Waals surface area contributed by atoms with Crippen molar-refractivity contribution >= 4 is 11.9 Å². The lowest BCUT2D eigenvalue weighted by Gasteiger charge is -2.10. The molecule has 0 aliphatic rings. The maximum Gasteiger partial charge on any atom is 0.270 e. The molecule has 0 fully saturated rings. The van der Waals surface area contributed by atoms with E-state index in [4.69, 9.17) is 4.74 Å². The smallest absolute Gasteiger partial charge is 0.270 e. The number of rotatable bonds is 7. The summed E-state index contributed by atoms with van der Waals surface area (Å²) in [5, 5.41) is 6.09. The van der Waals surface area contributed by atoms with Gasteiger partial charge in [0.05, 0.1) is 7.11 Å². The van der Waals surface area contributed by atoms with Crippen LogP contribution < -0.4 is 15.4 Å². The minimum absolute atomic E-state index is 0.223. The van der Waals surface area contributed by atoms with Crippen LogP contribution in [0, 0.1) is 13.8 Å². The number of hydrogen-bond acceptors (Lipinski definition) is 5. The van der Waals surface area contributed by atoms with Gasteiger partial charge in [0.2, 0.25) is 5.95 Å². The van der Waals surface area contributed by atoms with Crippen LogP contribution in [-0.2, 0) is 13.1 Å². The second kappa shape index (κ2) is 8.99. The molecule has 0 unspecified atom stereocenters. The number of hydrogen-bond donors (Lipinski definition) is 2. The molecule has 3 rings (SSSR count). The largest absolute Gasteiger partial charge is 0.497 e. The fourth-order valence-electron chi connectivity index (χ4n) is 2.78. The van der Waals surface area contributed by atoms with Gasteiger partial charge in [-0.25, -0.2) is 9.97 Å². The molecule has 0 aliphatic carbocycles. The fraction of sp³-hybridized carbons (Fsp3) is 0.227. The highest BCUT2D eigenvalue weighted by atomic mass is 16.5. The summed E-state index contributed by atoms with van der Waals surface area (Å²) in [5.41, 5.74) is 4.35. The number of nitrogens with one attached hydrogen (secondary N) is 2. The van der Waals surface area contributed by atoms with Crippen LogP contribution in [0.5, 0.6) is 5.75 Å². The zero-order valence-corrected chi connectivity index (χ0v) is 16.3. The van der Waals surface area contributed by atoms with Gasteiger partial charge in [-0.05, 0) is 43.2 Å². The van der Waals surface area contributed by atoms with Crippen molar-refractivity contribution in [2.75, 3.05) is 12.4 Å². The molecule has 1 aromatic heterocycles. The minimum Gasteiger partial charge on any atom is -0.497 e. The zero-order valence-electron chi connectivity index (χ0n) is 16.3. The summed E-state index contributed by atoms with van der Waals surface area (Å²) in [6.45, 7) is 4.88. The molecular weight excluding hydrogens is 352 g/mol. The lowest BCUT2D eigenvalue weighted by atomic mass is 10.1. The van der Waals surface area contributed by atoms with Gasteiger partial charge in [-0.1, -0.05) is 42.0 Å². The van der Waals surface area contributed by atoms with E-state index >= 15 is 0 Å². The second-order valence-electron chi connectivity index (χ2n) is 6.59. The number of ether oxygens (including phenoxy) is 1. The average molecular weight is 376 g/mol. The van der Waals surface area contributed by atoms with Crippen molar-refractivity contribution < 1.29 is 9.53 Å². The average Bonchev–Trinajstić information content (AvgIpc) is 2.70. The molecule has 2 aromatic carbocycles. The molecule has 2 N–H and O–H groups in total. The molecule has 0 atom stereocenters. The summed E-state index contributed by atoms with van der Waals surface area (Å²) < 4.78 is 5.16. The molecule has 0 spiro atoms. The second-order valence-corrected chi connectivity index (χ2v) is 6.59. The van der Waals surface area contributed by atoms with Gasteiger partial charge in [-0.3, -0.25) is 4.79 Å². The number of amides is 1. The standard InChI is InChI=1S/C22H24N4O2/c1-15-5-4-6-18(11-15)14-23-21(27)20-12-16(2)25-22(26-20)24-13-17-7-9-19(28-3)10-8-17/h4-12H,13-14H2,1-3H3,(H,23,27)(H,24,25,26). The number of aromatic nitrogens is 2. The molecule has 144 valence electrons. The van der Waals surface area contributed by atoms with Crippen molar-refractivity contribution in [1.29, 1.82) is 0 Å². The normalized spacial score (nSPS) is 10.4. The van der Waals surface area contributed by atoms with E-state index in [1.807, 2.05) is 62.4 Å². The topological polar surface area (TPSA) is 76.1 Å².